The van der Waals surface area contributed by atoms with Crippen molar-refractivity contribution in [2.24, 2.45) is 0 Å². The van der Waals surface area contributed by atoms with Crippen molar-refractivity contribution < 1.29 is 28.0 Å². The van der Waals surface area contributed by atoms with Crippen LogP contribution >= 0.6 is 0 Å². The zero-order valence-corrected chi connectivity index (χ0v) is 25.7. The van der Waals surface area contributed by atoms with Crippen LogP contribution in [0.1, 0.15) is 19.2 Å². The molecule has 10 aromatic rings. The molecule has 0 saturated carbocycles. The topological polar surface area (TPSA) is 65.0 Å². The Balaban J connectivity index is 1.28. The Hall–Kier alpha value is -6.85. The van der Waals surface area contributed by atoms with Gasteiger partial charge in [0.25, 0.3) is 0 Å². The number of benzene rings is 7. The van der Waals surface area contributed by atoms with Crippen molar-refractivity contribution in [2.45, 2.75) is 0 Å². The van der Waals surface area contributed by atoms with Crippen molar-refractivity contribution in [1.29, 1.82) is 0 Å². The van der Waals surface area contributed by atoms with Gasteiger partial charge in [-0.3, -0.25) is 0 Å². The maximum Gasteiger partial charge on any atom is 0.167 e. The monoisotopic (exact) mass is 655 g/mol. The molecule has 0 aliphatic heterocycles. The highest BCUT2D eigenvalue weighted by Gasteiger charge is 2.20. The van der Waals surface area contributed by atoms with E-state index in [9.17, 15) is 1.37 Å². The first-order valence-electron chi connectivity index (χ1n) is 22.5. The molecule has 0 fully saturated rings. The van der Waals surface area contributed by atoms with Crippen LogP contribution in [-0.4, -0.2) is 15.0 Å². The average molecular weight is 656 g/mol. The van der Waals surface area contributed by atoms with Crippen LogP contribution in [0.15, 0.2) is 172 Å². The Labute approximate surface area is 306 Å². The Kier molecular flexibility index (Phi) is 3.99. The van der Waals surface area contributed by atoms with Gasteiger partial charge in [-0.25, -0.2) is 15.0 Å². The maximum atomic E-state index is 9.21. The summed E-state index contributed by atoms with van der Waals surface area (Å²) in [7, 11) is 0. The molecule has 0 bridgehead atoms. The standard InChI is InChI=1S/C45H27N3O2/c1-2-11-28(12-3-1)31-13-8-14-32(27-31)29-23-25-30(26-24-29)43-46-44(36-18-10-22-40-41(36)35-16-5-7-21-39(35)49-40)48-45(47-43)37-19-9-17-34-33-15-4-6-20-38(33)50-42(34)37/h1-27H/i4D,5D,6D,7D,9D,10D,15D,16D,17D,18D,19D,20D,21D,22D. The summed E-state index contributed by atoms with van der Waals surface area (Å²) in [5.41, 5.74) is 2.28. The van der Waals surface area contributed by atoms with Gasteiger partial charge in [0.1, 0.15) is 22.3 Å². The number of furan rings is 2. The molecule has 234 valence electrons. The first-order chi connectivity index (χ1) is 30.6. The van der Waals surface area contributed by atoms with Gasteiger partial charge in [-0.15, -0.1) is 0 Å². The summed E-state index contributed by atoms with van der Waals surface area (Å²) in [5, 5.41) is -0.743. The zero-order chi connectivity index (χ0) is 45.2. The van der Waals surface area contributed by atoms with Crippen molar-refractivity contribution in [3.05, 3.63) is 163 Å². The summed E-state index contributed by atoms with van der Waals surface area (Å²) >= 11 is 0. The van der Waals surface area contributed by atoms with E-state index >= 15 is 0 Å². The number of nitrogens with zero attached hydrogens (tertiary/aromatic N) is 3. The first-order valence-corrected chi connectivity index (χ1v) is 15.5. The van der Waals surface area contributed by atoms with E-state index in [1.165, 1.54) is 0 Å². The van der Waals surface area contributed by atoms with Crippen LogP contribution in [-0.2, 0) is 0 Å². The molecule has 10 rings (SSSR count). The van der Waals surface area contributed by atoms with Crippen LogP contribution < -0.4 is 0 Å². The Morgan fingerprint density at radius 2 is 0.960 bits per heavy atom. The summed E-state index contributed by atoms with van der Waals surface area (Å²) in [4.78, 5) is 14.2. The molecule has 7 aromatic carbocycles. The van der Waals surface area contributed by atoms with Crippen LogP contribution in [0.4, 0.5) is 0 Å². The lowest BCUT2D eigenvalue weighted by Crippen LogP contribution is -2.00. The summed E-state index contributed by atoms with van der Waals surface area (Å²) in [5.74, 6) is -0.781. The maximum absolute atomic E-state index is 9.21. The quantitative estimate of drug-likeness (QED) is 0.185. The van der Waals surface area contributed by atoms with Gasteiger partial charge in [-0.2, -0.15) is 0 Å². The van der Waals surface area contributed by atoms with Gasteiger partial charge >= 0.3 is 0 Å². The van der Waals surface area contributed by atoms with Gasteiger partial charge < -0.3 is 8.83 Å². The number of rotatable bonds is 5. The molecule has 0 amide bonds. The normalized spacial score (nSPS) is 15.5. The smallest absolute Gasteiger partial charge is 0.167 e. The van der Waals surface area contributed by atoms with E-state index in [1.54, 1.807) is 12.1 Å². The minimum Gasteiger partial charge on any atom is -0.456 e. The van der Waals surface area contributed by atoms with Crippen molar-refractivity contribution in [3.8, 4) is 56.4 Å². The highest BCUT2D eigenvalue weighted by Crippen LogP contribution is 2.39. The molecule has 3 aromatic heterocycles. The molecule has 0 atom stereocenters. The third kappa shape index (κ3) is 4.67. The summed E-state index contributed by atoms with van der Waals surface area (Å²) in [6.45, 7) is 0. The van der Waals surface area contributed by atoms with Crippen LogP contribution in [0.25, 0.3) is 100 Å². The van der Waals surface area contributed by atoms with Crippen molar-refractivity contribution in [1.82, 2.24) is 15.0 Å². The molecule has 0 aliphatic carbocycles. The largest absolute Gasteiger partial charge is 0.456 e. The molecule has 0 radical (unpaired) electrons. The fourth-order valence-electron chi connectivity index (χ4n) is 6.06. The highest BCUT2D eigenvalue weighted by atomic mass is 16.3. The Morgan fingerprint density at radius 1 is 0.400 bits per heavy atom. The number of hydrogen-bond acceptors (Lipinski definition) is 5. The Bertz CT molecular complexity index is 3670. The molecule has 0 aliphatic rings. The van der Waals surface area contributed by atoms with Gasteiger partial charge in [-0.05, 0) is 52.5 Å². The minimum atomic E-state index is -0.643. The molecule has 0 spiro atoms. The van der Waals surface area contributed by atoms with E-state index in [2.05, 4.69) is 4.98 Å². The van der Waals surface area contributed by atoms with Crippen molar-refractivity contribution in [2.75, 3.05) is 0 Å². The number of aromatic nitrogens is 3. The van der Waals surface area contributed by atoms with Gasteiger partial charge in [-0.1, -0.05) is 133 Å². The molecule has 3 heterocycles. The SMILES string of the molecule is [2H]c1c([2H])c([2H])c2c(oc3c(-c4nc(-c5ccc(-c6cccc(-c7ccccc7)c6)cc5)nc(-c5c([2H])c([2H])c([2H])c6oc7c([2H])c([2H])c([2H])c([2H])c7c56)n4)c([2H])c([2H])c([2H])c32)c1[2H]. The molecule has 0 N–H and O–H groups in total. The predicted molar refractivity (Wildman–Crippen MR) is 202 cm³/mol. The number of fused-ring (bicyclic) bond motifs is 6. The van der Waals surface area contributed by atoms with Crippen LogP contribution in [0.2, 0.25) is 0 Å². The van der Waals surface area contributed by atoms with Gasteiger partial charge in [0.2, 0.25) is 0 Å². The fraction of sp³-hybridized carbons (Fsp3) is 0. The van der Waals surface area contributed by atoms with E-state index in [0.717, 1.165) is 22.3 Å². The molecule has 5 nitrogen and oxygen atoms in total. The fourth-order valence-corrected chi connectivity index (χ4v) is 6.06. The Morgan fingerprint density at radius 3 is 1.76 bits per heavy atom. The van der Waals surface area contributed by atoms with E-state index in [0.29, 0.717) is 5.56 Å². The molecular weight excluding hydrogens is 615 g/mol. The predicted octanol–water partition coefficient (Wildman–Crippen LogP) is 12.0. The average Bonchev–Trinajstić information content (AvgIpc) is 3.91. The highest BCUT2D eigenvalue weighted by molar-refractivity contribution is 6.12. The zero-order valence-electron chi connectivity index (χ0n) is 39.7. The molecule has 0 saturated heterocycles. The molecule has 50 heavy (non-hydrogen) atoms. The van der Waals surface area contributed by atoms with E-state index in [4.69, 9.17) is 36.6 Å². The second-order valence-corrected chi connectivity index (χ2v) is 11.4. The van der Waals surface area contributed by atoms with Crippen molar-refractivity contribution in [3.63, 3.8) is 0 Å². The van der Waals surface area contributed by atoms with Gasteiger partial charge in [0.05, 0.1) is 24.8 Å². The van der Waals surface area contributed by atoms with Crippen LogP contribution in [0.5, 0.6) is 0 Å². The minimum absolute atomic E-state index is 0.0669. The van der Waals surface area contributed by atoms with Crippen LogP contribution in [0, 0.1) is 0 Å². The second kappa shape index (κ2) is 11.4. The van der Waals surface area contributed by atoms with E-state index in [1.807, 2.05) is 66.7 Å². The molecule has 5 heteroatoms. The lowest BCUT2D eigenvalue weighted by atomic mass is 9.98. The van der Waals surface area contributed by atoms with E-state index < -0.39 is 84.6 Å². The van der Waals surface area contributed by atoms with E-state index in [-0.39, 0.29) is 72.5 Å². The molecule has 0 unspecified atom stereocenters. The lowest BCUT2D eigenvalue weighted by molar-refractivity contribution is 0.668. The van der Waals surface area contributed by atoms with Gasteiger partial charge in [0, 0.05) is 32.7 Å². The van der Waals surface area contributed by atoms with Crippen molar-refractivity contribution >= 4 is 43.9 Å². The third-order valence-electron chi connectivity index (χ3n) is 8.41. The number of para-hydroxylation sites is 3. The lowest BCUT2D eigenvalue weighted by Gasteiger charge is -2.10. The summed E-state index contributed by atoms with van der Waals surface area (Å²) in [6.07, 6.45) is 0. The third-order valence-corrected chi connectivity index (χ3v) is 8.41. The second-order valence-electron chi connectivity index (χ2n) is 11.4. The van der Waals surface area contributed by atoms with Crippen LogP contribution in [0.3, 0.4) is 0 Å². The van der Waals surface area contributed by atoms with Gasteiger partial charge in [0.15, 0.2) is 17.5 Å². The summed E-state index contributed by atoms with van der Waals surface area (Å²) < 4.78 is 134. The number of hydrogen-bond donors (Lipinski definition) is 0. The summed E-state index contributed by atoms with van der Waals surface area (Å²) in [6, 6.07) is 16.7. The molecular formula is C45H27N3O2. The first kappa shape index (κ1) is 17.5.